The molecule has 2 N–H and O–H groups in total. The Morgan fingerprint density at radius 3 is 2.67 bits per heavy atom. The van der Waals surface area contributed by atoms with Crippen LogP contribution in [0.15, 0.2) is 0 Å². The lowest BCUT2D eigenvalue weighted by Crippen LogP contribution is -2.47. The van der Waals surface area contributed by atoms with Crippen LogP contribution in [0, 0.1) is 5.92 Å². The third kappa shape index (κ3) is 4.23. The molecule has 0 aromatic rings. The molecule has 5 nitrogen and oxygen atoms in total. The molecule has 0 radical (unpaired) electrons. The van der Waals surface area contributed by atoms with Gasteiger partial charge in [0.1, 0.15) is 10.7 Å². The molecule has 0 heterocycles. The van der Waals surface area contributed by atoms with Gasteiger partial charge >= 0.3 is 0 Å². The summed E-state index contributed by atoms with van der Waals surface area (Å²) < 4.78 is 18.9. The summed E-state index contributed by atoms with van der Waals surface area (Å²) in [6, 6.07) is 0. The maximum atomic E-state index is 11.2. The Bertz CT molecular complexity index is 292. The van der Waals surface area contributed by atoms with E-state index in [0.29, 0.717) is 12.5 Å². The average molecular weight is 250 g/mol. The van der Waals surface area contributed by atoms with Gasteiger partial charge in [-0.1, -0.05) is 12.2 Å². The van der Waals surface area contributed by atoms with E-state index in [1.807, 2.05) is 6.92 Å². The summed E-state index contributed by atoms with van der Waals surface area (Å²) in [4.78, 5) is 11.9. The van der Waals surface area contributed by atoms with Gasteiger partial charge < -0.3 is 4.55 Å². The molecular formula is C8H14N2O3S2. The molecule has 1 aliphatic rings. The highest BCUT2D eigenvalue weighted by Gasteiger charge is 2.30. The Morgan fingerprint density at radius 2 is 2.27 bits per heavy atom. The molecule has 0 aliphatic heterocycles. The largest absolute Gasteiger partial charge is 0.306 e. The van der Waals surface area contributed by atoms with Crippen LogP contribution >= 0.6 is 12.2 Å². The molecule has 86 valence electrons. The van der Waals surface area contributed by atoms with Crippen LogP contribution in [0.5, 0.6) is 0 Å². The van der Waals surface area contributed by atoms with Gasteiger partial charge in [0.25, 0.3) is 5.91 Å². The molecule has 1 fully saturated rings. The van der Waals surface area contributed by atoms with Gasteiger partial charge in [-0.2, -0.15) is 0 Å². The van der Waals surface area contributed by atoms with Crippen LogP contribution in [-0.2, 0) is 15.9 Å². The zero-order valence-electron chi connectivity index (χ0n) is 8.43. The second-order valence-electron chi connectivity index (χ2n) is 3.36. The molecule has 0 aromatic heterocycles. The maximum Gasteiger partial charge on any atom is 0.253 e. The highest BCUT2D eigenvalue weighted by Crippen LogP contribution is 2.31. The summed E-state index contributed by atoms with van der Waals surface area (Å²) in [5.41, 5.74) is 2.52. The van der Waals surface area contributed by atoms with Crippen LogP contribution in [0.4, 0.5) is 0 Å². The number of amides is 1. The highest BCUT2D eigenvalue weighted by atomic mass is 32.2. The molecule has 1 unspecified atom stereocenters. The van der Waals surface area contributed by atoms with Gasteiger partial charge in [-0.25, -0.2) is 4.21 Å². The van der Waals surface area contributed by atoms with Crippen molar-refractivity contribution in [2.24, 2.45) is 5.92 Å². The van der Waals surface area contributed by atoms with E-state index in [2.05, 4.69) is 5.43 Å². The standard InChI is InChI=1S/C8H14N2O3S2/c1-2-10(8(14)6-3-4-6)9-7(11)5-15(12)13/h6H,2-5H2,1H3,(H,9,11)(H,12,13). The van der Waals surface area contributed by atoms with E-state index in [1.165, 1.54) is 0 Å². The first-order valence-corrected chi connectivity index (χ1v) is 6.41. The molecular weight excluding hydrogens is 236 g/mol. The predicted octanol–water partition coefficient (Wildman–Crippen LogP) is 0.299. The summed E-state index contributed by atoms with van der Waals surface area (Å²) in [5, 5.41) is 1.57. The zero-order chi connectivity index (χ0) is 11.4. The SMILES string of the molecule is CCN(NC(=O)CS(=O)O)C(=S)C1CC1. The number of hydrazine groups is 1. The number of hydrogen-bond acceptors (Lipinski definition) is 3. The summed E-state index contributed by atoms with van der Waals surface area (Å²) >= 11 is 3.06. The molecule has 1 saturated carbocycles. The van der Waals surface area contributed by atoms with Crippen LogP contribution in [-0.4, -0.2) is 37.0 Å². The summed E-state index contributed by atoms with van der Waals surface area (Å²) in [7, 11) is 0. The smallest absolute Gasteiger partial charge is 0.253 e. The third-order valence-corrected chi connectivity index (χ3v) is 3.09. The Kier molecular flexibility index (Phi) is 4.62. The van der Waals surface area contributed by atoms with E-state index in [9.17, 15) is 9.00 Å². The average Bonchev–Trinajstić information content (AvgIpc) is 2.94. The van der Waals surface area contributed by atoms with Gasteiger partial charge in [-0.05, 0) is 19.8 Å². The summed E-state index contributed by atoms with van der Waals surface area (Å²) in [6.07, 6.45) is 2.13. The number of hydrogen-bond donors (Lipinski definition) is 2. The number of nitrogens with zero attached hydrogens (tertiary/aromatic N) is 1. The van der Waals surface area contributed by atoms with Crippen molar-refractivity contribution >= 4 is 34.2 Å². The van der Waals surface area contributed by atoms with Crippen molar-refractivity contribution in [3.63, 3.8) is 0 Å². The van der Waals surface area contributed by atoms with Gasteiger partial charge in [-0.3, -0.25) is 15.2 Å². The molecule has 15 heavy (non-hydrogen) atoms. The third-order valence-electron chi connectivity index (χ3n) is 2.02. The fourth-order valence-electron chi connectivity index (χ4n) is 1.14. The minimum absolute atomic E-state index is 0.389. The van der Waals surface area contributed by atoms with Crippen molar-refractivity contribution in [2.75, 3.05) is 12.3 Å². The van der Waals surface area contributed by atoms with Gasteiger partial charge in [0.15, 0.2) is 11.1 Å². The number of nitrogens with one attached hydrogen (secondary N) is 1. The number of rotatable bonds is 4. The van der Waals surface area contributed by atoms with Gasteiger partial charge in [-0.15, -0.1) is 0 Å². The normalized spacial score (nSPS) is 16.9. The second-order valence-corrected chi connectivity index (χ2v) is 4.71. The molecule has 0 saturated heterocycles. The Hall–Kier alpha value is -0.530. The van der Waals surface area contributed by atoms with Crippen molar-refractivity contribution < 1.29 is 13.6 Å². The predicted molar refractivity (Wildman–Crippen MR) is 61.5 cm³/mol. The van der Waals surface area contributed by atoms with E-state index in [1.54, 1.807) is 5.01 Å². The maximum absolute atomic E-state index is 11.2. The first-order chi connectivity index (χ1) is 7.04. The molecule has 0 aromatic carbocycles. The second kappa shape index (κ2) is 5.53. The zero-order valence-corrected chi connectivity index (χ0v) is 10.1. The molecule has 1 atom stereocenters. The van der Waals surface area contributed by atoms with Crippen LogP contribution in [0.3, 0.4) is 0 Å². The number of thiocarbonyl (C=S) groups is 1. The topological polar surface area (TPSA) is 69.6 Å². The van der Waals surface area contributed by atoms with Crippen molar-refractivity contribution in [2.45, 2.75) is 19.8 Å². The van der Waals surface area contributed by atoms with Crippen LogP contribution < -0.4 is 5.43 Å². The highest BCUT2D eigenvalue weighted by molar-refractivity contribution is 7.80. The first kappa shape index (κ1) is 12.5. The van der Waals surface area contributed by atoms with Crippen LogP contribution in [0.25, 0.3) is 0 Å². The quantitative estimate of drug-likeness (QED) is 0.426. The molecule has 1 amide bonds. The van der Waals surface area contributed by atoms with Crippen LogP contribution in [0.1, 0.15) is 19.8 Å². The lowest BCUT2D eigenvalue weighted by atomic mass is 10.4. The van der Waals surface area contributed by atoms with E-state index >= 15 is 0 Å². The fourth-order valence-corrected chi connectivity index (χ4v) is 1.83. The summed E-state index contributed by atoms with van der Waals surface area (Å²) in [5.74, 6) is -0.510. The van der Waals surface area contributed by atoms with Gasteiger partial charge in [0, 0.05) is 12.5 Å². The van der Waals surface area contributed by atoms with Crippen molar-refractivity contribution in [3.8, 4) is 0 Å². The van der Waals surface area contributed by atoms with E-state index in [-0.39, 0.29) is 0 Å². The van der Waals surface area contributed by atoms with Crippen molar-refractivity contribution in [1.29, 1.82) is 0 Å². The van der Waals surface area contributed by atoms with Gasteiger partial charge in [0.2, 0.25) is 0 Å². The molecule has 0 spiro atoms. The fraction of sp³-hybridized carbons (Fsp3) is 0.750. The lowest BCUT2D eigenvalue weighted by Gasteiger charge is -2.23. The van der Waals surface area contributed by atoms with Crippen molar-refractivity contribution in [3.05, 3.63) is 0 Å². The molecule has 7 heteroatoms. The Balaban J connectivity index is 2.41. The Labute approximate surface area is 96.5 Å². The lowest BCUT2D eigenvalue weighted by molar-refractivity contribution is -0.121. The number of carbonyl (C=O) groups excluding carboxylic acids is 1. The minimum Gasteiger partial charge on any atom is -0.306 e. The molecule has 1 aliphatic carbocycles. The summed E-state index contributed by atoms with van der Waals surface area (Å²) in [6.45, 7) is 2.43. The monoisotopic (exact) mass is 250 g/mol. The van der Waals surface area contributed by atoms with Gasteiger partial charge in [0.05, 0.1) is 0 Å². The number of carbonyl (C=O) groups is 1. The first-order valence-electron chi connectivity index (χ1n) is 4.73. The van der Waals surface area contributed by atoms with E-state index < -0.39 is 22.7 Å². The van der Waals surface area contributed by atoms with Crippen molar-refractivity contribution in [1.82, 2.24) is 10.4 Å². The molecule has 0 bridgehead atoms. The van der Waals surface area contributed by atoms with E-state index in [0.717, 1.165) is 17.8 Å². The Morgan fingerprint density at radius 1 is 1.67 bits per heavy atom. The molecule has 1 rings (SSSR count). The minimum atomic E-state index is -2.10. The van der Waals surface area contributed by atoms with Crippen LogP contribution in [0.2, 0.25) is 0 Å². The van der Waals surface area contributed by atoms with E-state index in [4.69, 9.17) is 16.8 Å².